The molecule has 1 aromatic carbocycles. The fourth-order valence-electron chi connectivity index (χ4n) is 4.21. The molecule has 1 saturated heterocycles. The SMILES string of the molecule is NC1CC(N2Cc3cn(S(=O)(=O)C4CC4)nc3C2)CO[C@@H]1c1cc(F)ccc1F. The Balaban J connectivity index is 1.26. The van der Waals surface area contributed by atoms with Gasteiger partial charge in [-0.15, -0.1) is 0 Å². The number of benzene rings is 1. The monoisotopic (exact) mass is 424 g/mol. The normalized spacial score (nSPS) is 27.9. The summed E-state index contributed by atoms with van der Waals surface area (Å²) in [6.45, 7) is 1.41. The largest absolute Gasteiger partial charge is 0.370 e. The standard InChI is InChI=1S/C19H22F2N4O3S/c20-12-1-4-16(21)15(5-12)19-17(22)6-13(10-28-19)24-7-11-8-25(23-18(11)9-24)29(26,27)14-2-3-14/h1,4-5,8,13-14,17,19H,2-3,6-7,9-10,22H2/t13?,17?,19-/m1/s1. The highest BCUT2D eigenvalue weighted by atomic mass is 32.2. The van der Waals surface area contributed by atoms with Gasteiger partial charge < -0.3 is 10.5 Å². The van der Waals surface area contributed by atoms with E-state index in [1.54, 1.807) is 6.20 Å². The van der Waals surface area contributed by atoms with E-state index in [0.29, 0.717) is 39.0 Å². The zero-order valence-corrected chi connectivity index (χ0v) is 16.5. The fraction of sp³-hybridized carbons (Fsp3) is 0.526. The van der Waals surface area contributed by atoms with Crippen LogP contribution in [-0.2, 0) is 27.8 Å². The van der Waals surface area contributed by atoms with Crippen molar-refractivity contribution in [3.63, 3.8) is 0 Å². The van der Waals surface area contributed by atoms with Crippen LogP contribution < -0.4 is 5.73 Å². The van der Waals surface area contributed by atoms with Crippen molar-refractivity contribution in [2.45, 2.75) is 55.8 Å². The molecule has 29 heavy (non-hydrogen) atoms. The molecular weight excluding hydrogens is 402 g/mol. The van der Waals surface area contributed by atoms with Gasteiger partial charge in [0, 0.05) is 42.5 Å². The quantitative estimate of drug-likeness (QED) is 0.803. The molecule has 5 rings (SSSR count). The molecule has 1 saturated carbocycles. The minimum Gasteiger partial charge on any atom is -0.370 e. The van der Waals surface area contributed by atoms with Gasteiger partial charge in [0.05, 0.1) is 17.6 Å². The van der Waals surface area contributed by atoms with Crippen LogP contribution in [0.2, 0.25) is 0 Å². The Morgan fingerprint density at radius 2 is 2.00 bits per heavy atom. The van der Waals surface area contributed by atoms with Crippen molar-refractivity contribution >= 4 is 10.0 Å². The van der Waals surface area contributed by atoms with Crippen molar-refractivity contribution in [3.8, 4) is 0 Å². The zero-order chi connectivity index (χ0) is 20.3. The number of aromatic nitrogens is 2. The molecule has 3 atom stereocenters. The van der Waals surface area contributed by atoms with Gasteiger partial charge in [0.15, 0.2) is 0 Å². The molecule has 0 bridgehead atoms. The van der Waals surface area contributed by atoms with Gasteiger partial charge in [0.1, 0.15) is 17.7 Å². The predicted octanol–water partition coefficient (Wildman–Crippen LogP) is 1.67. The maximum absolute atomic E-state index is 14.1. The van der Waals surface area contributed by atoms with Crippen molar-refractivity contribution in [2.75, 3.05) is 6.61 Å². The minimum atomic E-state index is -3.36. The Hall–Kier alpha value is -1.88. The molecule has 2 aliphatic heterocycles. The molecular formula is C19H22F2N4O3S. The van der Waals surface area contributed by atoms with E-state index in [9.17, 15) is 17.2 Å². The number of halogens is 2. The lowest BCUT2D eigenvalue weighted by atomic mass is 9.93. The first-order valence-electron chi connectivity index (χ1n) is 9.71. The van der Waals surface area contributed by atoms with Gasteiger partial charge in [-0.05, 0) is 37.5 Å². The number of ether oxygens (including phenoxy) is 1. The maximum atomic E-state index is 14.1. The van der Waals surface area contributed by atoms with E-state index in [-0.39, 0.29) is 16.9 Å². The molecule has 2 N–H and O–H groups in total. The lowest BCUT2D eigenvalue weighted by molar-refractivity contribution is -0.0533. The molecule has 2 unspecified atom stereocenters. The third-order valence-electron chi connectivity index (χ3n) is 5.97. The second kappa shape index (κ2) is 6.83. The van der Waals surface area contributed by atoms with Crippen LogP contribution in [0.4, 0.5) is 8.78 Å². The lowest BCUT2D eigenvalue weighted by Gasteiger charge is -2.38. The van der Waals surface area contributed by atoms with Crippen molar-refractivity contribution in [2.24, 2.45) is 5.73 Å². The average Bonchev–Trinajstić information content (AvgIpc) is 3.35. The zero-order valence-electron chi connectivity index (χ0n) is 15.7. The number of rotatable bonds is 4. The van der Waals surface area contributed by atoms with E-state index in [2.05, 4.69) is 10.00 Å². The summed E-state index contributed by atoms with van der Waals surface area (Å²) in [4.78, 5) is 2.14. The van der Waals surface area contributed by atoms with Crippen LogP contribution in [0.3, 0.4) is 0 Å². The van der Waals surface area contributed by atoms with Crippen LogP contribution in [0.15, 0.2) is 24.4 Å². The summed E-state index contributed by atoms with van der Waals surface area (Å²) in [5, 5.41) is 3.99. The van der Waals surface area contributed by atoms with Crippen molar-refractivity contribution in [3.05, 3.63) is 52.9 Å². The summed E-state index contributed by atoms with van der Waals surface area (Å²) >= 11 is 0. The van der Waals surface area contributed by atoms with Crippen LogP contribution in [0.25, 0.3) is 0 Å². The summed E-state index contributed by atoms with van der Waals surface area (Å²) < 4.78 is 59.2. The van der Waals surface area contributed by atoms with E-state index in [4.69, 9.17) is 10.5 Å². The van der Waals surface area contributed by atoms with Crippen molar-refractivity contribution in [1.29, 1.82) is 0 Å². The maximum Gasteiger partial charge on any atom is 0.256 e. The molecule has 2 fully saturated rings. The molecule has 7 nitrogen and oxygen atoms in total. The van der Waals surface area contributed by atoms with Gasteiger partial charge in [-0.1, -0.05) is 0 Å². The summed E-state index contributed by atoms with van der Waals surface area (Å²) in [5.74, 6) is -1.06. The molecule has 0 amide bonds. The molecule has 2 aromatic rings. The second-order valence-electron chi connectivity index (χ2n) is 8.10. The van der Waals surface area contributed by atoms with Crippen molar-refractivity contribution in [1.82, 2.24) is 14.1 Å². The van der Waals surface area contributed by atoms with E-state index in [1.165, 1.54) is 0 Å². The molecule has 0 spiro atoms. The highest BCUT2D eigenvalue weighted by Gasteiger charge is 2.40. The minimum absolute atomic E-state index is 0.000518. The second-order valence-corrected chi connectivity index (χ2v) is 10.2. The Morgan fingerprint density at radius 1 is 1.21 bits per heavy atom. The van der Waals surface area contributed by atoms with Gasteiger partial charge in [-0.3, -0.25) is 4.90 Å². The summed E-state index contributed by atoms with van der Waals surface area (Å²) in [5.41, 5.74) is 8.03. The summed E-state index contributed by atoms with van der Waals surface area (Å²) in [6.07, 6.45) is 2.87. The number of nitrogens with zero attached hydrogens (tertiary/aromatic N) is 3. The molecule has 1 aromatic heterocycles. The van der Waals surface area contributed by atoms with Gasteiger partial charge in [-0.2, -0.15) is 9.19 Å². The van der Waals surface area contributed by atoms with E-state index < -0.39 is 33.8 Å². The molecule has 156 valence electrons. The molecule has 3 heterocycles. The summed E-state index contributed by atoms with van der Waals surface area (Å²) in [7, 11) is -3.36. The molecule has 10 heteroatoms. The van der Waals surface area contributed by atoms with Crippen molar-refractivity contribution < 1.29 is 21.9 Å². The van der Waals surface area contributed by atoms with Crippen LogP contribution in [0.1, 0.15) is 42.2 Å². The first kappa shape index (κ1) is 19.1. The highest BCUT2D eigenvalue weighted by molar-refractivity contribution is 7.90. The first-order chi connectivity index (χ1) is 13.8. The Kier molecular flexibility index (Phi) is 4.50. The van der Waals surface area contributed by atoms with Crippen LogP contribution in [0, 0.1) is 11.6 Å². The fourth-order valence-corrected chi connectivity index (χ4v) is 5.73. The molecule has 0 radical (unpaired) electrons. The average molecular weight is 424 g/mol. The Bertz CT molecular complexity index is 1030. The topological polar surface area (TPSA) is 90.5 Å². The van der Waals surface area contributed by atoms with Gasteiger partial charge in [0.25, 0.3) is 10.0 Å². The van der Waals surface area contributed by atoms with E-state index >= 15 is 0 Å². The van der Waals surface area contributed by atoms with E-state index in [1.807, 2.05) is 0 Å². The Labute approximate surface area is 167 Å². The number of nitrogens with two attached hydrogens (primary N) is 1. The number of fused-ring (bicyclic) bond motifs is 1. The third kappa shape index (κ3) is 3.37. The van der Waals surface area contributed by atoms with Crippen LogP contribution in [0.5, 0.6) is 0 Å². The molecule has 1 aliphatic carbocycles. The third-order valence-corrected chi connectivity index (χ3v) is 7.99. The van der Waals surface area contributed by atoms with Gasteiger partial charge in [0.2, 0.25) is 0 Å². The highest BCUT2D eigenvalue weighted by Crippen LogP contribution is 2.35. The summed E-state index contributed by atoms with van der Waals surface area (Å²) in [6, 6.07) is 2.81. The van der Waals surface area contributed by atoms with E-state index in [0.717, 1.165) is 33.5 Å². The van der Waals surface area contributed by atoms with Gasteiger partial charge in [-0.25, -0.2) is 17.2 Å². The first-order valence-corrected chi connectivity index (χ1v) is 11.2. The smallest absolute Gasteiger partial charge is 0.256 e. The predicted molar refractivity (Wildman–Crippen MR) is 100 cm³/mol. The van der Waals surface area contributed by atoms with Gasteiger partial charge >= 0.3 is 0 Å². The van der Waals surface area contributed by atoms with Crippen LogP contribution >= 0.6 is 0 Å². The lowest BCUT2D eigenvalue weighted by Crippen LogP contribution is -2.47. The Morgan fingerprint density at radius 3 is 2.69 bits per heavy atom. The van der Waals surface area contributed by atoms with Crippen LogP contribution in [-0.4, -0.2) is 46.4 Å². The number of hydrogen-bond acceptors (Lipinski definition) is 6. The number of hydrogen-bond donors (Lipinski definition) is 1. The molecule has 3 aliphatic rings.